The maximum absolute atomic E-state index is 10.9. The quantitative estimate of drug-likeness (QED) is 0.485. The van der Waals surface area contributed by atoms with E-state index in [1.165, 1.54) is 0 Å². The van der Waals surface area contributed by atoms with Gasteiger partial charge in [0.25, 0.3) is 0 Å². The summed E-state index contributed by atoms with van der Waals surface area (Å²) in [5.74, 6) is 0. The second-order valence-electron chi connectivity index (χ2n) is 7.63. The van der Waals surface area contributed by atoms with Crippen LogP contribution in [0.25, 0.3) is 22.8 Å². The molecule has 3 aromatic rings. The molecule has 0 saturated heterocycles. The van der Waals surface area contributed by atoms with Gasteiger partial charge in [-0.15, -0.1) is 0 Å². The summed E-state index contributed by atoms with van der Waals surface area (Å²) in [4.78, 5) is 13.9. The van der Waals surface area contributed by atoms with Crippen molar-refractivity contribution in [3.63, 3.8) is 0 Å². The molecule has 0 aliphatic heterocycles. The Bertz CT molecular complexity index is 1090. The molecule has 0 aliphatic carbocycles. The van der Waals surface area contributed by atoms with Crippen molar-refractivity contribution >= 4 is 11.6 Å². The molecular formula is C26H30N4O. The zero-order valence-electron chi connectivity index (χ0n) is 18.6. The van der Waals surface area contributed by atoms with E-state index in [0.717, 1.165) is 51.2 Å². The van der Waals surface area contributed by atoms with Gasteiger partial charge in [0.2, 0.25) is 0 Å². The highest BCUT2D eigenvalue weighted by molar-refractivity contribution is 5.91. The van der Waals surface area contributed by atoms with E-state index >= 15 is 0 Å². The van der Waals surface area contributed by atoms with Crippen LogP contribution in [0.1, 0.15) is 41.8 Å². The molecule has 0 radical (unpaired) electrons. The lowest BCUT2D eigenvalue weighted by molar-refractivity contribution is 0.182. The topological polar surface area (TPSA) is 65.0 Å². The average Bonchev–Trinajstić information content (AvgIpc) is 3.15. The van der Waals surface area contributed by atoms with Crippen LogP contribution in [0.3, 0.4) is 0 Å². The van der Waals surface area contributed by atoms with Crippen LogP contribution in [-0.2, 0) is 0 Å². The minimum atomic E-state index is -0.742. The Morgan fingerprint density at radius 1 is 1.26 bits per heavy atom. The van der Waals surface area contributed by atoms with Crippen molar-refractivity contribution in [3.05, 3.63) is 96.0 Å². The van der Waals surface area contributed by atoms with Gasteiger partial charge in [-0.05, 0) is 37.1 Å². The average molecular weight is 415 g/mol. The molecule has 3 rings (SSSR count). The van der Waals surface area contributed by atoms with Gasteiger partial charge < -0.3 is 15.0 Å². The van der Waals surface area contributed by atoms with Gasteiger partial charge in [-0.1, -0.05) is 31.7 Å². The zero-order valence-corrected chi connectivity index (χ0v) is 18.6. The van der Waals surface area contributed by atoms with Gasteiger partial charge in [-0.25, -0.2) is 0 Å². The van der Waals surface area contributed by atoms with Crippen molar-refractivity contribution in [1.29, 1.82) is 0 Å². The van der Waals surface area contributed by atoms with Crippen LogP contribution in [0, 0.1) is 6.92 Å². The van der Waals surface area contributed by atoms with Crippen LogP contribution in [0.5, 0.6) is 0 Å². The first-order valence-electron chi connectivity index (χ1n) is 10.4. The SMILES string of the molecule is C=C/C(=C\c1c(-c2cccnc2)c[nH]c1C)c1cncc(C(O)/C(=C\CC)N(C)C)c1. The molecule has 0 spiro atoms. The van der Waals surface area contributed by atoms with E-state index in [4.69, 9.17) is 0 Å². The minimum Gasteiger partial charge on any atom is -0.382 e. The predicted octanol–water partition coefficient (Wildman–Crippen LogP) is 5.40. The van der Waals surface area contributed by atoms with Crippen molar-refractivity contribution in [2.45, 2.75) is 26.4 Å². The number of nitrogens with one attached hydrogen (secondary N) is 1. The van der Waals surface area contributed by atoms with Gasteiger partial charge in [0, 0.05) is 84.3 Å². The van der Waals surface area contributed by atoms with Crippen LogP contribution < -0.4 is 0 Å². The van der Waals surface area contributed by atoms with E-state index in [1.807, 2.05) is 68.7 Å². The van der Waals surface area contributed by atoms with Gasteiger partial charge in [0.15, 0.2) is 0 Å². The number of pyridine rings is 2. The molecule has 0 amide bonds. The van der Waals surface area contributed by atoms with E-state index in [9.17, 15) is 5.11 Å². The van der Waals surface area contributed by atoms with Gasteiger partial charge in [0.05, 0.1) is 0 Å². The molecule has 1 unspecified atom stereocenters. The first-order chi connectivity index (χ1) is 15.0. The molecule has 2 N–H and O–H groups in total. The van der Waals surface area contributed by atoms with Crippen LogP contribution in [-0.4, -0.2) is 39.1 Å². The summed E-state index contributed by atoms with van der Waals surface area (Å²) < 4.78 is 0. The number of allylic oxidation sites excluding steroid dienone is 3. The second kappa shape index (κ2) is 10.0. The summed E-state index contributed by atoms with van der Waals surface area (Å²) in [6, 6.07) is 5.95. The third kappa shape index (κ3) is 5.01. The lowest BCUT2D eigenvalue weighted by Gasteiger charge is -2.23. The standard InChI is InChI=1S/C26H30N4O/c1-6-9-25(30(4)5)26(31)22-12-21(15-28-16-22)19(7-2)13-23-18(3)29-17-24(23)20-10-8-11-27-14-20/h7-17,26,29,31H,2,6H2,1,3-5H3/b19-13+,25-9+. The fourth-order valence-corrected chi connectivity index (χ4v) is 3.58. The number of hydrogen-bond donors (Lipinski definition) is 2. The third-order valence-corrected chi connectivity index (χ3v) is 5.24. The smallest absolute Gasteiger partial charge is 0.120 e. The van der Waals surface area contributed by atoms with Crippen LogP contribution >= 0.6 is 0 Å². The Labute approximate surface area is 184 Å². The molecule has 0 aliphatic rings. The van der Waals surface area contributed by atoms with Crippen molar-refractivity contribution in [2.75, 3.05) is 14.1 Å². The number of hydrogen-bond acceptors (Lipinski definition) is 4. The molecule has 31 heavy (non-hydrogen) atoms. The first kappa shape index (κ1) is 22.2. The lowest BCUT2D eigenvalue weighted by atomic mass is 9.97. The summed E-state index contributed by atoms with van der Waals surface area (Å²) in [6.45, 7) is 8.12. The fourth-order valence-electron chi connectivity index (χ4n) is 3.58. The molecule has 0 saturated carbocycles. The molecule has 0 aromatic carbocycles. The number of aromatic amines is 1. The molecular weight excluding hydrogens is 384 g/mol. The minimum absolute atomic E-state index is 0.742. The van der Waals surface area contributed by atoms with Crippen molar-refractivity contribution in [2.24, 2.45) is 0 Å². The van der Waals surface area contributed by atoms with E-state index < -0.39 is 6.10 Å². The maximum Gasteiger partial charge on any atom is 0.120 e. The number of H-pyrrole nitrogens is 1. The van der Waals surface area contributed by atoms with Crippen LogP contribution in [0.4, 0.5) is 0 Å². The highest BCUT2D eigenvalue weighted by atomic mass is 16.3. The molecule has 160 valence electrons. The van der Waals surface area contributed by atoms with Gasteiger partial charge in [0.1, 0.15) is 6.10 Å². The summed E-state index contributed by atoms with van der Waals surface area (Å²) >= 11 is 0. The molecule has 0 fully saturated rings. The number of rotatable bonds is 8. The number of likely N-dealkylation sites (N-methyl/N-ethyl adjacent to an activating group) is 1. The summed E-state index contributed by atoms with van der Waals surface area (Å²) in [7, 11) is 3.87. The summed E-state index contributed by atoms with van der Waals surface area (Å²) in [6.07, 6.45) is 15.2. The summed E-state index contributed by atoms with van der Waals surface area (Å²) in [5.41, 5.74) is 7.69. The third-order valence-electron chi connectivity index (χ3n) is 5.24. The highest BCUT2D eigenvalue weighted by Crippen LogP contribution is 2.31. The number of aromatic nitrogens is 3. The van der Waals surface area contributed by atoms with Crippen LogP contribution in [0.2, 0.25) is 0 Å². The molecule has 5 nitrogen and oxygen atoms in total. The van der Waals surface area contributed by atoms with E-state index in [1.54, 1.807) is 18.6 Å². The van der Waals surface area contributed by atoms with Crippen molar-refractivity contribution in [1.82, 2.24) is 19.9 Å². The molecule has 0 bridgehead atoms. The largest absolute Gasteiger partial charge is 0.382 e. The Morgan fingerprint density at radius 3 is 2.71 bits per heavy atom. The number of aliphatic hydroxyl groups excluding tert-OH is 1. The van der Waals surface area contributed by atoms with E-state index in [-0.39, 0.29) is 0 Å². The van der Waals surface area contributed by atoms with Crippen molar-refractivity contribution < 1.29 is 5.11 Å². The molecule has 1 atom stereocenters. The molecule has 5 heteroatoms. The van der Waals surface area contributed by atoms with Gasteiger partial charge in [-0.2, -0.15) is 0 Å². The van der Waals surface area contributed by atoms with E-state index in [2.05, 4.69) is 34.5 Å². The monoisotopic (exact) mass is 414 g/mol. The highest BCUT2D eigenvalue weighted by Gasteiger charge is 2.17. The lowest BCUT2D eigenvalue weighted by Crippen LogP contribution is -2.18. The number of aryl methyl sites for hydroxylation is 1. The van der Waals surface area contributed by atoms with Gasteiger partial charge in [-0.3, -0.25) is 9.97 Å². The predicted molar refractivity (Wildman–Crippen MR) is 128 cm³/mol. The Morgan fingerprint density at radius 2 is 2.06 bits per heavy atom. The van der Waals surface area contributed by atoms with Crippen LogP contribution in [0.15, 0.2) is 73.6 Å². The second-order valence-corrected chi connectivity index (χ2v) is 7.63. The number of aliphatic hydroxyl groups is 1. The van der Waals surface area contributed by atoms with E-state index in [0.29, 0.717) is 0 Å². The summed E-state index contributed by atoms with van der Waals surface area (Å²) in [5, 5.41) is 10.9. The Balaban J connectivity index is 2.03. The first-order valence-corrected chi connectivity index (χ1v) is 10.4. The number of nitrogens with zero attached hydrogens (tertiary/aromatic N) is 3. The normalized spacial score (nSPS) is 13.2. The van der Waals surface area contributed by atoms with Gasteiger partial charge >= 0.3 is 0 Å². The van der Waals surface area contributed by atoms with Crippen molar-refractivity contribution in [3.8, 4) is 11.1 Å². The Hall–Kier alpha value is -3.44. The molecule has 3 aromatic heterocycles. The fraction of sp³-hybridized carbons (Fsp3) is 0.231. The molecule has 3 heterocycles. The zero-order chi connectivity index (χ0) is 22.4. The Kier molecular flexibility index (Phi) is 7.21. The maximum atomic E-state index is 10.9.